The molecule has 0 aliphatic rings. The van der Waals surface area contributed by atoms with E-state index in [4.69, 9.17) is 4.74 Å². The SMILES string of the molecule is CCNC(=O)COC(=O)/C(C#N)=C/c1cc(C)n(-c2ccc(Br)cc2)c1C. The summed E-state index contributed by atoms with van der Waals surface area (Å²) in [6.07, 6.45) is 1.48. The van der Waals surface area contributed by atoms with Crippen LogP contribution in [0.15, 0.2) is 40.4 Å². The number of likely N-dealkylation sites (N-methyl/N-ethyl adjacent to an activating group) is 1. The lowest BCUT2D eigenvalue weighted by Gasteiger charge is -2.09. The largest absolute Gasteiger partial charge is 0.451 e. The molecule has 0 spiro atoms. The molecular formula is C20H20BrN3O3. The van der Waals surface area contributed by atoms with Gasteiger partial charge in [0.1, 0.15) is 11.6 Å². The molecule has 140 valence electrons. The number of carbonyl (C=O) groups excluding carboxylic acids is 2. The summed E-state index contributed by atoms with van der Waals surface area (Å²) in [6, 6.07) is 11.6. The van der Waals surface area contributed by atoms with E-state index >= 15 is 0 Å². The first kappa shape index (κ1) is 20.5. The minimum absolute atomic E-state index is 0.157. The number of carbonyl (C=O) groups is 2. The number of aryl methyl sites for hydroxylation is 1. The maximum Gasteiger partial charge on any atom is 0.349 e. The van der Waals surface area contributed by atoms with Crippen LogP contribution in [0.1, 0.15) is 23.9 Å². The minimum atomic E-state index is -0.822. The van der Waals surface area contributed by atoms with Gasteiger partial charge in [-0.15, -0.1) is 0 Å². The second kappa shape index (κ2) is 9.19. The quantitative estimate of drug-likeness (QED) is 0.432. The Hall–Kier alpha value is -2.85. The van der Waals surface area contributed by atoms with Crippen molar-refractivity contribution in [2.45, 2.75) is 20.8 Å². The average molecular weight is 430 g/mol. The fourth-order valence-corrected chi connectivity index (χ4v) is 2.93. The number of benzene rings is 1. The lowest BCUT2D eigenvalue weighted by Crippen LogP contribution is -2.28. The molecule has 0 aliphatic heterocycles. The van der Waals surface area contributed by atoms with Gasteiger partial charge in [-0.25, -0.2) is 4.79 Å². The average Bonchev–Trinajstić information content (AvgIpc) is 2.92. The number of nitrogens with one attached hydrogen (secondary N) is 1. The van der Waals surface area contributed by atoms with Crippen molar-refractivity contribution in [2.24, 2.45) is 0 Å². The summed E-state index contributed by atoms with van der Waals surface area (Å²) in [5.41, 5.74) is 3.41. The molecule has 0 saturated heterocycles. The first-order chi connectivity index (χ1) is 12.9. The lowest BCUT2D eigenvalue weighted by atomic mass is 10.1. The van der Waals surface area contributed by atoms with E-state index in [1.165, 1.54) is 6.08 Å². The predicted octanol–water partition coefficient (Wildman–Crippen LogP) is 3.44. The topological polar surface area (TPSA) is 84.1 Å². The van der Waals surface area contributed by atoms with E-state index in [0.29, 0.717) is 6.54 Å². The molecule has 1 N–H and O–H groups in total. The van der Waals surface area contributed by atoms with E-state index in [9.17, 15) is 14.9 Å². The highest BCUT2D eigenvalue weighted by atomic mass is 79.9. The Labute approximate surface area is 166 Å². The standard InChI is InChI=1S/C20H20BrN3O3/c1-4-23-19(25)12-27-20(26)16(11-22)10-15-9-13(2)24(14(15)3)18-7-5-17(21)6-8-18/h5-10H,4,12H2,1-3H3,(H,23,25)/b16-10+. The molecule has 1 aromatic carbocycles. The third-order valence-electron chi connectivity index (χ3n) is 3.90. The molecule has 7 heteroatoms. The van der Waals surface area contributed by atoms with E-state index in [1.54, 1.807) is 6.92 Å². The summed E-state index contributed by atoms with van der Waals surface area (Å²) in [4.78, 5) is 23.5. The van der Waals surface area contributed by atoms with Crippen LogP contribution >= 0.6 is 15.9 Å². The molecule has 1 amide bonds. The molecule has 1 aromatic heterocycles. The van der Waals surface area contributed by atoms with E-state index in [1.807, 2.05) is 54.8 Å². The Bertz CT molecular complexity index is 921. The van der Waals surface area contributed by atoms with Crippen LogP contribution in [0.2, 0.25) is 0 Å². The first-order valence-electron chi connectivity index (χ1n) is 8.37. The molecule has 1 heterocycles. The molecule has 2 aromatic rings. The van der Waals surface area contributed by atoms with Gasteiger partial charge in [0.2, 0.25) is 0 Å². The number of nitrogens with zero attached hydrogens (tertiary/aromatic N) is 2. The summed E-state index contributed by atoms with van der Waals surface area (Å²) >= 11 is 3.42. The van der Waals surface area contributed by atoms with E-state index < -0.39 is 18.5 Å². The third-order valence-corrected chi connectivity index (χ3v) is 4.43. The van der Waals surface area contributed by atoms with Crippen molar-refractivity contribution in [3.05, 3.63) is 57.3 Å². The van der Waals surface area contributed by atoms with Crippen LogP contribution in [0.25, 0.3) is 11.8 Å². The Morgan fingerprint density at radius 1 is 1.30 bits per heavy atom. The smallest absolute Gasteiger partial charge is 0.349 e. The van der Waals surface area contributed by atoms with E-state index in [0.717, 1.165) is 27.1 Å². The Balaban J connectivity index is 2.27. The number of rotatable bonds is 6. The van der Waals surface area contributed by atoms with Gasteiger partial charge in [0, 0.05) is 28.1 Å². The van der Waals surface area contributed by atoms with Crippen LogP contribution in [-0.2, 0) is 14.3 Å². The zero-order valence-electron chi connectivity index (χ0n) is 15.4. The normalized spacial score (nSPS) is 11.0. The number of esters is 1. The van der Waals surface area contributed by atoms with Crippen molar-refractivity contribution in [1.82, 2.24) is 9.88 Å². The fraction of sp³-hybridized carbons (Fsp3) is 0.250. The van der Waals surface area contributed by atoms with E-state index in [2.05, 4.69) is 21.2 Å². The van der Waals surface area contributed by atoms with Crippen molar-refractivity contribution in [3.8, 4) is 11.8 Å². The van der Waals surface area contributed by atoms with Crippen molar-refractivity contribution >= 4 is 33.9 Å². The zero-order chi connectivity index (χ0) is 20.0. The van der Waals surface area contributed by atoms with Crippen LogP contribution < -0.4 is 5.32 Å². The van der Waals surface area contributed by atoms with Gasteiger partial charge in [-0.3, -0.25) is 4.79 Å². The second-order valence-electron chi connectivity index (χ2n) is 5.84. The number of ether oxygens (including phenoxy) is 1. The monoisotopic (exact) mass is 429 g/mol. The molecule has 0 radical (unpaired) electrons. The Kier molecular flexibility index (Phi) is 6.97. The number of aromatic nitrogens is 1. The summed E-state index contributed by atoms with van der Waals surface area (Å²) < 4.78 is 7.92. The summed E-state index contributed by atoms with van der Waals surface area (Å²) in [7, 11) is 0. The van der Waals surface area contributed by atoms with E-state index in [-0.39, 0.29) is 5.57 Å². The van der Waals surface area contributed by atoms with Crippen LogP contribution in [-0.4, -0.2) is 29.6 Å². The van der Waals surface area contributed by atoms with Crippen molar-refractivity contribution in [2.75, 3.05) is 13.2 Å². The van der Waals surface area contributed by atoms with Crippen LogP contribution in [0, 0.1) is 25.2 Å². The third kappa shape index (κ3) is 5.08. The van der Waals surface area contributed by atoms with Gasteiger partial charge in [0.25, 0.3) is 5.91 Å². The number of halogens is 1. The van der Waals surface area contributed by atoms with Crippen LogP contribution in [0.3, 0.4) is 0 Å². The van der Waals surface area contributed by atoms with Gasteiger partial charge >= 0.3 is 5.97 Å². The molecule has 2 rings (SSSR count). The van der Waals surface area contributed by atoms with Crippen LogP contribution in [0.5, 0.6) is 0 Å². The summed E-state index contributed by atoms with van der Waals surface area (Å²) in [5.74, 6) is -1.23. The maximum absolute atomic E-state index is 12.1. The van der Waals surface area contributed by atoms with Crippen molar-refractivity contribution in [1.29, 1.82) is 5.26 Å². The molecule has 0 saturated carbocycles. The summed E-state index contributed by atoms with van der Waals surface area (Å²) in [6.45, 7) is 5.66. The van der Waals surface area contributed by atoms with Crippen molar-refractivity contribution < 1.29 is 14.3 Å². The van der Waals surface area contributed by atoms with Gasteiger partial charge in [0.05, 0.1) is 0 Å². The van der Waals surface area contributed by atoms with Gasteiger partial charge in [-0.2, -0.15) is 5.26 Å². The molecule has 0 unspecified atom stereocenters. The van der Waals surface area contributed by atoms with Gasteiger partial charge in [-0.1, -0.05) is 15.9 Å². The first-order valence-corrected chi connectivity index (χ1v) is 9.17. The number of hydrogen-bond donors (Lipinski definition) is 1. The predicted molar refractivity (Wildman–Crippen MR) is 106 cm³/mol. The molecule has 0 bridgehead atoms. The van der Waals surface area contributed by atoms with Gasteiger partial charge < -0.3 is 14.6 Å². The highest BCUT2D eigenvalue weighted by molar-refractivity contribution is 9.10. The maximum atomic E-state index is 12.1. The molecule has 6 nitrogen and oxygen atoms in total. The van der Waals surface area contributed by atoms with Gasteiger partial charge in [0.15, 0.2) is 6.61 Å². The Morgan fingerprint density at radius 3 is 2.56 bits per heavy atom. The highest BCUT2D eigenvalue weighted by Crippen LogP contribution is 2.24. The minimum Gasteiger partial charge on any atom is -0.451 e. The number of amides is 1. The molecule has 0 aliphatic carbocycles. The second-order valence-corrected chi connectivity index (χ2v) is 6.75. The number of hydrogen-bond acceptors (Lipinski definition) is 4. The fourth-order valence-electron chi connectivity index (χ4n) is 2.67. The molecular weight excluding hydrogens is 410 g/mol. The molecule has 0 atom stereocenters. The lowest BCUT2D eigenvalue weighted by molar-refractivity contribution is -0.144. The van der Waals surface area contributed by atoms with Crippen LogP contribution in [0.4, 0.5) is 0 Å². The zero-order valence-corrected chi connectivity index (χ0v) is 17.0. The number of nitriles is 1. The van der Waals surface area contributed by atoms with Gasteiger partial charge in [-0.05, 0) is 62.7 Å². The van der Waals surface area contributed by atoms with Crippen molar-refractivity contribution in [3.63, 3.8) is 0 Å². The molecule has 27 heavy (non-hydrogen) atoms. The molecule has 0 fully saturated rings. The Morgan fingerprint density at radius 2 is 1.96 bits per heavy atom. The highest BCUT2D eigenvalue weighted by Gasteiger charge is 2.16. The summed E-state index contributed by atoms with van der Waals surface area (Å²) in [5, 5.41) is 11.8.